The summed E-state index contributed by atoms with van der Waals surface area (Å²) in [6, 6.07) is 4.86. The third-order valence-corrected chi connectivity index (χ3v) is 3.99. The Bertz CT molecular complexity index is 883. The van der Waals surface area contributed by atoms with Gasteiger partial charge in [0.05, 0.1) is 32.5 Å². The lowest BCUT2D eigenvalue weighted by Crippen LogP contribution is -2.27. The summed E-state index contributed by atoms with van der Waals surface area (Å²) < 4.78 is 14.9. The lowest BCUT2D eigenvalue weighted by Gasteiger charge is -2.24. The first-order valence-electron chi connectivity index (χ1n) is 8.30. The number of ether oxygens (including phenoxy) is 3. The van der Waals surface area contributed by atoms with Crippen molar-refractivity contribution in [3.63, 3.8) is 0 Å². The zero-order valence-electron chi connectivity index (χ0n) is 16.4. The number of esters is 2. The number of hydrogen-bond acceptors (Lipinski definition) is 7. The molecule has 8 heteroatoms. The molecule has 0 unspecified atom stereocenters. The Morgan fingerprint density at radius 2 is 1.64 bits per heavy atom. The van der Waals surface area contributed by atoms with Crippen LogP contribution in [0.3, 0.4) is 0 Å². The Kier molecular flexibility index (Phi) is 6.59. The SMILES string of the molecule is COC(=O)C1=C(C(=O)OC)N(c2ccc(OC)c(C(=O)N(C)C)c2)C=CC=C1. The molecular weight excluding hydrogens is 364 g/mol. The summed E-state index contributed by atoms with van der Waals surface area (Å²) >= 11 is 0. The average Bonchev–Trinajstić information content (AvgIpc) is 2.94. The molecule has 0 atom stereocenters. The highest BCUT2D eigenvalue weighted by molar-refractivity contribution is 6.06. The summed E-state index contributed by atoms with van der Waals surface area (Å²) in [5, 5.41) is 0. The van der Waals surface area contributed by atoms with Crippen molar-refractivity contribution in [1.82, 2.24) is 4.90 Å². The number of benzene rings is 1. The standard InChI is InChI=1S/C20H22N2O6/c1-21(2)18(23)15-12-13(9-10-16(15)26-3)22-11-7-6-8-14(19(24)27-4)17(22)20(25)28-5/h6-12H,1-5H3. The summed E-state index contributed by atoms with van der Waals surface area (Å²) in [6.45, 7) is 0. The fourth-order valence-electron chi connectivity index (χ4n) is 2.62. The first-order chi connectivity index (χ1) is 13.3. The predicted octanol–water partition coefficient (Wildman–Crippen LogP) is 1.89. The topological polar surface area (TPSA) is 85.4 Å². The van der Waals surface area contributed by atoms with Crippen LogP contribution in [0.15, 0.2) is 53.9 Å². The number of carbonyl (C=O) groups is 3. The monoisotopic (exact) mass is 386 g/mol. The molecular formula is C20H22N2O6. The Labute approximate surface area is 163 Å². The molecule has 1 aliphatic heterocycles. The molecule has 1 amide bonds. The Balaban J connectivity index is 2.70. The van der Waals surface area contributed by atoms with Gasteiger partial charge in [0.1, 0.15) is 11.4 Å². The Morgan fingerprint density at radius 3 is 2.21 bits per heavy atom. The van der Waals surface area contributed by atoms with E-state index in [0.717, 1.165) is 0 Å². The summed E-state index contributed by atoms with van der Waals surface area (Å²) in [5.41, 5.74) is 0.760. The van der Waals surface area contributed by atoms with E-state index >= 15 is 0 Å². The molecule has 0 saturated carbocycles. The molecule has 0 saturated heterocycles. The molecule has 1 aromatic rings. The van der Waals surface area contributed by atoms with Crippen molar-refractivity contribution in [3.8, 4) is 5.75 Å². The van der Waals surface area contributed by atoms with Gasteiger partial charge in [-0.2, -0.15) is 0 Å². The molecule has 0 N–H and O–H groups in total. The van der Waals surface area contributed by atoms with E-state index in [4.69, 9.17) is 14.2 Å². The van der Waals surface area contributed by atoms with Gasteiger partial charge < -0.3 is 24.0 Å². The van der Waals surface area contributed by atoms with Crippen molar-refractivity contribution in [3.05, 3.63) is 59.5 Å². The normalized spacial score (nSPS) is 13.1. The van der Waals surface area contributed by atoms with E-state index in [2.05, 4.69) is 0 Å². The molecule has 1 aliphatic rings. The second-order valence-corrected chi connectivity index (χ2v) is 5.90. The lowest BCUT2D eigenvalue weighted by molar-refractivity contribution is -0.139. The summed E-state index contributed by atoms with van der Waals surface area (Å²) in [7, 11) is 7.16. The van der Waals surface area contributed by atoms with Gasteiger partial charge in [-0.25, -0.2) is 9.59 Å². The maximum Gasteiger partial charge on any atom is 0.355 e. The van der Waals surface area contributed by atoms with Gasteiger partial charge in [0.2, 0.25) is 0 Å². The zero-order chi connectivity index (χ0) is 20.8. The molecule has 0 bridgehead atoms. The largest absolute Gasteiger partial charge is 0.496 e. The van der Waals surface area contributed by atoms with E-state index in [1.54, 1.807) is 50.6 Å². The fourth-order valence-corrected chi connectivity index (χ4v) is 2.62. The lowest BCUT2D eigenvalue weighted by atomic mass is 10.1. The Hall–Kier alpha value is -3.55. The van der Waals surface area contributed by atoms with Crippen molar-refractivity contribution in [2.45, 2.75) is 0 Å². The first-order valence-corrected chi connectivity index (χ1v) is 8.30. The van der Waals surface area contributed by atoms with Gasteiger partial charge in [-0.1, -0.05) is 6.08 Å². The Morgan fingerprint density at radius 1 is 0.964 bits per heavy atom. The average molecular weight is 386 g/mol. The second-order valence-electron chi connectivity index (χ2n) is 5.90. The number of nitrogens with zero attached hydrogens (tertiary/aromatic N) is 2. The molecule has 0 aliphatic carbocycles. The van der Waals surface area contributed by atoms with Crippen molar-refractivity contribution in [2.75, 3.05) is 40.3 Å². The molecule has 1 aromatic carbocycles. The van der Waals surface area contributed by atoms with Gasteiger partial charge in [0, 0.05) is 26.0 Å². The van der Waals surface area contributed by atoms with Crippen molar-refractivity contribution in [2.24, 2.45) is 0 Å². The molecule has 8 nitrogen and oxygen atoms in total. The smallest absolute Gasteiger partial charge is 0.355 e. The highest BCUT2D eigenvalue weighted by Crippen LogP contribution is 2.31. The van der Waals surface area contributed by atoms with Crippen LogP contribution >= 0.6 is 0 Å². The molecule has 28 heavy (non-hydrogen) atoms. The van der Waals surface area contributed by atoms with Gasteiger partial charge >= 0.3 is 11.9 Å². The van der Waals surface area contributed by atoms with Gasteiger partial charge in [0.25, 0.3) is 5.91 Å². The summed E-state index contributed by atoms with van der Waals surface area (Å²) in [5.74, 6) is -1.31. The quantitative estimate of drug-likeness (QED) is 0.715. The van der Waals surface area contributed by atoms with Crippen LogP contribution in [0.4, 0.5) is 5.69 Å². The number of carbonyl (C=O) groups excluding carboxylic acids is 3. The highest BCUT2D eigenvalue weighted by atomic mass is 16.5. The molecule has 2 rings (SSSR count). The van der Waals surface area contributed by atoms with Gasteiger partial charge in [-0.15, -0.1) is 0 Å². The minimum absolute atomic E-state index is 0.0238. The van der Waals surface area contributed by atoms with Crippen LogP contribution in [0.5, 0.6) is 5.75 Å². The minimum Gasteiger partial charge on any atom is -0.496 e. The second kappa shape index (κ2) is 8.90. The number of anilines is 1. The summed E-state index contributed by atoms with van der Waals surface area (Å²) in [6.07, 6.45) is 6.30. The molecule has 1 heterocycles. The predicted molar refractivity (Wildman–Crippen MR) is 103 cm³/mol. The highest BCUT2D eigenvalue weighted by Gasteiger charge is 2.28. The van der Waals surface area contributed by atoms with E-state index in [9.17, 15) is 14.4 Å². The fraction of sp³-hybridized carbons (Fsp3) is 0.250. The van der Waals surface area contributed by atoms with Crippen molar-refractivity contribution >= 4 is 23.5 Å². The zero-order valence-corrected chi connectivity index (χ0v) is 16.4. The van der Waals surface area contributed by atoms with Gasteiger partial charge in [-0.3, -0.25) is 4.79 Å². The van der Waals surface area contributed by atoms with E-state index in [0.29, 0.717) is 17.0 Å². The van der Waals surface area contributed by atoms with Gasteiger partial charge in [0.15, 0.2) is 0 Å². The maximum absolute atomic E-state index is 12.5. The maximum atomic E-state index is 12.5. The number of amides is 1. The number of methoxy groups -OCH3 is 3. The molecule has 0 radical (unpaired) electrons. The third kappa shape index (κ3) is 4.06. The van der Waals surface area contributed by atoms with Crippen LogP contribution in [0.25, 0.3) is 0 Å². The number of rotatable bonds is 5. The minimum atomic E-state index is -0.729. The van der Waals surface area contributed by atoms with Crippen LogP contribution in [0.2, 0.25) is 0 Å². The van der Waals surface area contributed by atoms with E-state index in [1.165, 1.54) is 37.2 Å². The van der Waals surface area contributed by atoms with Crippen LogP contribution in [0.1, 0.15) is 10.4 Å². The number of hydrogen-bond donors (Lipinski definition) is 0. The molecule has 0 spiro atoms. The van der Waals surface area contributed by atoms with E-state index in [-0.39, 0.29) is 17.2 Å². The molecule has 148 valence electrons. The van der Waals surface area contributed by atoms with Crippen molar-refractivity contribution in [1.29, 1.82) is 0 Å². The number of allylic oxidation sites excluding steroid dienone is 2. The summed E-state index contributed by atoms with van der Waals surface area (Å²) in [4.78, 5) is 40.1. The van der Waals surface area contributed by atoms with Crippen LogP contribution in [-0.2, 0) is 19.1 Å². The van der Waals surface area contributed by atoms with Crippen LogP contribution < -0.4 is 9.64 Å². The van der Waals surface area contributed by atoms with E-state index in [1.807, 2.05) is 0 Å². The van der Waals surface area contributed by atoms with Crippen LogP contribution in [0, 0.1) is 0 Å². The van der Waals surface area contributed by atoms with Crippen LogP contribution in [-0.4, -0.2) is 58.2 Å². The third-order valence-electron chi connectivity index (χ3n) is 3.99. The first kappa shape index (κ1) is 20.8. The van der Waals surface area contributed by atoms with E-state index < -0.39 is 11.9 Å². The molecule has 0 fully saturated rings. The van der Waals surface area contributed by atoms with Gasteiger partial charge in [-0.05, 0) is 30.4 Å². The van der Waals surface area contributed by atoms with Crippen molar-refractivity contribution < 1.29 is 28.6 Å². The molecule has 0 aromatic heterocycles.